The van der Waals surface area contributed by atoms with Crippen LogP contribution in [0.15, 0.2) is 29.8 Å². The minimum absolute atomic E-state index is 0.227. The van der Waals surface area contributed by atoms with Crippen molar-refractivity contribution in [3.63, 3.8) is 0 Å². The van der Waals surface area contributed by atoms with Crippen molar-refractivity contribution in [2.45, 2.75) is 58.3 Å². The van der Waals surface area contributed by atoms with Crippen molar-refractivity contribution in [3.8, 4) is 0 Å². The molecule has 0 saturated carbocycles. The number of ether oxygens (including phenoxy) is 2. The van der Waals surface area contributed by atoms with Crippen molar-refractivity contribution in [1.82, 2.24) is 0 Å². The van der Waals surface area contributed by atoms with Crippen molar-refractivity contribution in [3.05, 3.63) is 41.0 Å². The molecule has 25 heavy (non-hydrogen) atoms. The van der Waals surface area contributed by atoms with Crippen LogP contribution in [0.1, 0.15) is 64.0 Å². The van der Waals surface area contributed by atoms with Crippen LogP contribution in [0.4, 0.5) is 0 Å². The summed E-state index contributed by atoms with van der Waals surface area (Å²) in [5.41, 5.74) is 0.919. The molecule has 0 spiro atoms. The highest BCUT2D eigenvalue weighted by molar-refractivity contribution is 6.13. The van der Waals surface area contributed by atoms with E-state index in [1.165, 1.54) is 0 Å². The number of esters is 2. The van der Waals surface area contributed by atoms with Crippen LogP contribution >= 0.6 is 0 Å². The van der Waals surface area contributed by atoms with Gasteiger partial charge in [-0.15, -0.1) is 0 Å². The lowest BCUT2D eigenvalue weighted by atomic mass is 9.75. The van der Waals surface area contributed by atoms with E-state index in [-0.39, 0.29) is 13.2 Å². The minimum Gasteiger partial charge on any atom is -0.465 e. The molecule has 0 fully saturated rings. The van der Waals surface area contributed by atoms with E-state index in [1.807, 2.05) is 30.3 Å². The van der Waals surface area contributed by atoms with Crippen LogP contribution < -0.4 is 0 Å². The second kappa shape index (κ2) is 8.84. The van der Waals surface area contributed by atoms with Crippen molar-refractivity contribution in [1.29, 1.82) is 0 Å². The summed E-state index contributed by atoms with van der Waals surface area (Å²) in [7, 11) is 0. The normalized spacial score (nSPS) is 14.6. The molecule has 0 saturated heterocycles. The van der Waals surface area contributed by atoms with Gasteiger partial charge in [0.15, 0.2) is 0 Å². The van der Waals surface area contributed by atoms with Crippen LogP contribution in [-0.4, -0.2) is 25.2 Å². The maximum absolute atomic E-state index is 13.0. The van der Waals surface area contributed by atoms with Gasteiger partial charge in [0.25, 0.3) is 0 Å². The fourth-order valence-electron chi connectivity index (χ4n) is 3.48. The first-order valence-electron chi connectivity index (χ1n) is 9.27. The monoisotopic (exact) mass is 344 g/mol. The van der Waals surface area contributed by atoms with E-state index in [0.717, 1.165) is 36.8 Å². The topological polar surface area (TPSA) is 52.6 Å². The Hall–Kier alpha value is -2.10. The molecule has 136 valence electrons. The second-order valence-electron chi connectivity index (χ2n) is 6.26. The third-order valence-corrected chi connectivity index (χ3v) is 4.64. The first-order valence-corrected chi connectivity index (χ1v) is 9.27. The number of unbranched alkanes of at least 4 members (excludes halogenated alkanes) is 3. The molecule has 0 bridgehead atoms. The summed E-state index contributed by atoms with van der Waals surface area (Å²) in [4.78, 5) is 26.0. The third kappa shape index (κ3) is 3.63. The molecule has 4 nitrogen and oxygen atoms in total. The smallest absolute Gasteiger partial charge is 0.332 e. The summed E-state index contributed by atoms with van der Waals surface area (Å²) in [6.07, 6.45) is 6.95. The van der Waals surface area contributed by atoms with Gasteiger partial charge in [-0.2, -0.15) is 0 Å². The first kappa shape index (κ1) is 19.2. The minimum atomic E-state index is -1.45. The fourth-order valence-corrected chi connectivity index (χ4v) is 3.48. The quantitative estimate of drug-likeness (QED) is 0.378. The lowest BCUT2D eigenvalue weighted by Crippen LogP contribution is -2.46. The third-order valence-electron chi connectivity index (χ3n) is 4.64. The lowest BCUT2D eigenvalue weighted by Gasteiger charge is -2.29. The highest BCUT2D eigenvalue weighted by Crippen LogP contribution is 2.46. The molecule has 0 radical (unpaired) electrons. The zero-order valence-electron chi connectivity index (χ0n) is 15.5. The van der Waals surface area contributed by atoms with Crippen LogP contribution in [0, 0.1) is 0 Å². The first-order chi connectivity index (χ1) is 12.1. The van der Waals surface area contributed by atoms with Gasteiger partial charge >= 0.3 is 11.9 Å². The fraction of sp³-hybridized carbons (Fsp3) is 0.524. The standard InChI is InChI=1S/C21H28O4/c1-4-7-8-9-13-17-15-16-12-10-11-14-18(16)21(17,19(22)24-5-2)20(23)25-6-3/h10-12,14-15H,4-9,13H2,1-3H3. The number of hydrogen-bond donors (Lipinski definition) is 0. The summed E-state index contributed by atoms with van der Waals surface area (Å²) in [5.74, 6) is -1.06. The Kier molecular flexibility index (Phi) is 6.80. The van der Waals surface area contributed by atoms with E-state index in [1.54, 1.807) is 13.8 Å². The van der Waals surface area contributed by atoms with Crippen LogP contribution in [0.2, 0.25) is 0 Å². The van der Waals surface area contributed by atoms with Gasteiger partial charge in [-0.3, -0.25) is 9.59 Å². The molecule has 0 unspecified atom stereocenters. The van der Waals surface area contributed by atoms with Gasteiger partial charge in [0.05, 0.1) is 13.2 Å². The molecule has 0 amide bonds. The summed E-state index contributed by atoms with van der Waals surface area (Å²) in [6.45, 7) is 6.12. The van der Waals surface area contributed by atoms with Gasteiger partial charge < -0.3 is 9.47 Å². The number of carbonyl (C=O) groups is 2. The van der Waals surface area contributed by atoms with Gasteiger partial charge in [0.2, 0.25) is 5.41 Å². The molecule has 1 aromatic carbocycles. The molecule has 1 aromatic rings. The van der Waals surface area contributed by atoms with Crippen molar-refractivity contribution >= 4 is 18.0 Å². The molecule has 0 heterocycles. The highest BCUT2D eigenvalue weighted by Gasteiger charge is 2.56. The van der Waals surface area contributed by atoms with Gasteiger partial charge in [0, 0.05) is 0 Å². The molecule has 0 aliphatic heterocycles. The van der Waals surface area contributed by atoms with E-state index >= 15 is 0 Å². The largest absolute Gasteiger partial charge is 0.465 e. The Morgan fingerprint density at radius 1 is 0.920 bits per heavy atom. The number of hydrogen-bond acceptors (Lipinski definition) is 4. The van der Waals surface area contributed by atoms with E-state index in [4.69, 9.17) is 9.47 Å². The molecule has 0 aromatic heterocycles. The summed E-state index contributed by atoms with van der Waals surface area (Å²) >= 11 is 0. The van der Waals surface area contributed by atoms with Gasteiger partial charge in [-0.05, 0) is 43.4 Å². The zero-order valence-corrected chi connectivity index (χ0v) is 15.5. The van der Waals surface area contributed by atoms with E-state index < -0.39 is 17.4 Å². The molecular weight excluding hydrogens is 316 g/mol. The SMILES string of the molecule is CCCCCCC1=Cc2ccccc2C1(C(=O)OCC)C(=O)OCC. The summed E-state index contributed by atoms with van der Waals surface area (Å²) in [5, 5.41) is 0. The predicted molar refractivity (Wildman–Crippen MR) is 98.1 cm³/mol. The number of carbonyl (C=O) groups excluding carboxylic acids is 2. The second-order valence-corrected chi connectivity index (χ2v) is 6.26. The molecular formula is C21H28O4. The summed E-state index contributed by atoms with van der Waals surface area (Å²) in [6, 6.07) is 7.52. The van der Waals surface area contributed by atoms with E-state index in [9.17, 15) is 9.59 Å². The van der Waals surface area contributed by atoms with Crippen molar-refractivity contribution in [2.24, 2.45) is 0 Å². The Morgan fingerprint density at radius 3 is 2.16 bits per heavy atom. The van der Waals surface area contributed by atoms with Crippen molar-refractivity contribution < 1.29 is 19.1 Å². The molecule has 2 rings (SSSR count). The Labute approximate surface area is 150 Å². The van der Waals surface area contributed by atoms with E-state index in [2.05, 4.69) is 6.92 Å². The average Bonchev–Trinajstić information content (AvgIpc) is 2.94. The lowest BCUT2D eigenvalue weighted by molar-refractivity contribution is -0.162. The van der Waals surface area contributed by atoms with Crippen LogP contribution in [0.5, 0.6) is 0 Å². The predicted octanol–water partition coefficient (Wildman–Crippen LogP) is 4.42. The van der Waals surface area contributed by atoms with Crippen LogP contribution in [0.25, 0.3) is 6.08 Å². The number of rotatable bonds is 9. The Morgan fingerprint density at radius 2 is 1.56 bits per heavy atom. The molecule has 4 heteroatoms. The Bertz CT molecular complexity index is 627. The maximum Gasteiger partial charge on any atom is 0.332 e. The van der Waals surface area contributed by atoms with Gasteiger partial charge in [-0.25, -0.2) is 0 Å². The van der Waals surface area contributed by atoms with Crippen LogP contribution in [-0.2, 0) is 24.5 Å². The molecule has 0 atom stereocenters. The van der Waals surface area contributed by atoms with Crippen LogP contribution in [0.3, 0.4) is 0 Å². The zero-order chi connectivity index (χ0) is 18.3. The highest BCUT2D eigenvalue weighted by atomic mass is 16.6. The van der Waals surface area contributed by atoms with Crippen molar-refractivity contribution in [2.75, 3.05) is 13.2 Å². The maximum atomic E-state index is 13.0. The summed E-state index contributed by atoms with van der Waals surface area (Å²) < 4.78 is 10.7. The van der Waals surface area contributed by atoms with Gasteiger partial charge in [-0.1, -0.05) is 56.5 Å². The number of fused-ring (bicyclic) bond motifs is 1. The number of benzene rings is 1. The molecule has 1 aliphatic rings. The molecule has 0 N–H and O–H groups in total. The molecule has 1 aliphatic carbocycles. The average molecular weight is 344 g/mol. The van der Waals surface area contributed by atoms with E-state index in [0.29, 0.717) is 12.0 Å². The Balaban J connectivity index is 2.47. The van der Waals surface area contributed by atoms with Gasteiger partial charge in [0.1, 0.15) is 0 Å².